The number of non-ortho nitro benzene ring substituents is 1. The summed E-state index contributed by atoms with van der Waals surface area (Å²) in [5, 5.41) is 35.2. The van der Waals surface area contributed by atoms with Gasteiger partial charge in [-0.2, -0.15) is 0 Å². The Morgan fingerprint density at radius 2 is 1.95 bits per heavy atom. The van der Waals surface area contributed by atoms with Crippen LogP contribution in [0.1, 0.15) is 52.4 Å². The predicted octanol–water partition coefficient (Wildman–Crippen LogP) is 2.77. The number of nitrogens with zero attached hydrogens (tertiary/aromatic N) is 1. The third-order valence-corrected chi connectivity index (χ3v) is 11.3. The van der Waals surface area contributed by atoms with Crippen molar-refractivity contribution in [3.05, 3.63) is 45.5 Å². The Morgan fingerprint density at radius 1 is 1.22 bits per heavy atom. The minimum Gasteiger partial charge on any atom is -0.458 e. The van der Waals surface area contributed by atoms with Gasteiger partial charge in [-0.3, -0.25) is 14.9 Å². The van der Waals surface area contributed by atoms with Crippen LogP contribution in [0.4, 0.5) is 10.5 Å². The molecule has 41 heavy (non-hydrogen) atoms. The topological polar surface area (TPSA) is 175 Å². The van der Waals surface area contributed by atoms with E-state index in [1.165, 1.54) is 24.3 Å². The van der Waals surface area contributed by atoms with Crippen LogP contribution in [0, 0.1) is 32.8 Å². The molecule has 12 heteroatoms. The standard InChI is InChI=1S/C29H31NO11/c1-15-27(34)14-26(27,9-3-11-38-24(33)40-17-6-4-16(5-7-17)30(36)37)23(32)28-21(41-28)12-20-19-13-39-22(31)18(19)8-10-25(20,2)29(15,28)35/h4-7,15,20-21,34-35H,3,8-14H2,1-2H3/t15-,20?,21?,25-,26+,27-,28+,29?/m0/s1. The van der Waals surface area contributed by atoms with Gasteiger partial charge in [-0.05, 0) is 62.1 Å². The minimum absolute atomic E-state index is 0.0718. The number of esters is 1. The van der Waals surface area contributed by atoms with Crippen molar-refractivity contribution < 1.29 is 48.5 Å². The number of hydrogen-bond donors (Lipinski definition) is 2. The van der Waals surface area contributed by atoms with Gasteiger partial charge in [0, 0.05) is 29.0 Å². The number of rotatable bonds is 6. The Labute approximate surface area is 234 Å². The third kappa shape index (κ3) is 3.07. The maximum atomic E-state index is 14.3. The van der Waals surface area contributed by atoms with E-state index < -0.39 is 50.7 Å². The zero-order valence-corrected chi connectivity index (χ0v) is 22.7. The lowest BCUT2D eigenvalue weighted by Crippen LogP contribution is -2.76. The number of epoxide rings is 1. The molecular formula is C29H31NO11. The highest BCUT2D eigenvalue weighted by Gasteiger charge is 2.95. The summed E-state index contributed by atoms with van der Waals surface area (Å²) in [6.07, 6.45) is 0.609. The quantitative estimate of drug-likeness (QED) is 0.129. The summed E-state index contributed by atoms with van der Waals surface area (Å²) in [6.45, 7) is 3.86. The van der Waals surface area contributed by atoms with Gasteiger partial charge in [0.25, 0.3) is 5.69 Å². The fraction of sp³-hybridized carbons (Fsp3) is 0.621. The van der Waals surface area contributed by atoms with Crippen molar-refractivity contribution in [3.63, 3.8) is 0 Å². The molecule has 0 bridgehead atoms. The van der Waals surface area contributed by atoms with E-state index in [1.807, 2.05) is 6.92 Å². The second-order valence-corrected chi connectivity index (χ2v) is 12.7. The van der Waals surface area contributed by atoms with Gasteiger partial charge >= 0.3 is 12.1 Å². The van der Waals surface area contributed by atoms with Crippen LogP contribution in [-0.2, 0) is 23.8 Å². The van der Waals surface area contributed by atoms with Gasteiger partial charge < -0.3 is 29.2 Å². The molecular weight excluding hydrogens is 538 g/mol. The number of nitro groups is 1. The fourth-order valence-corrected chi connectivity index (χ4v) is 9.06. The van der Waals surface area contributed by atoms with E-state index in [9.17, 15) is 34.7 Å². The van der Waals surface area contributed by atoms with Crippen molar-refractivity contribution in [3.8, 4) is 5.75 Å². The maximum Gasteiger partial charge on any atom is 0.513 e. The molecule has 6 aliphatic rings. The van der Waals surface area contributed by atoms with E-state index in [-0.39, 0.29) is 61.6 Å². The molecule has 3 saturated carbocycles. The number of ketones is 1. The molecule has 12 nitrogen and oxygen atoms in total. The zero-order chi connectivity index (χ0) is 29.2. The Balaban J connectivity index is 1.06. The second kappa shape index (κ2) is 8.14. The first-order valence-electron chi connectivity index (χ1n) is 14.0. The van der Waals surface area contributed by atoms with Gasteiger partial charge in [0.1, 0.15) is 18.0 Å². The van der Waals surface area contributed by atoms with Crippen LogP contribution in [0.2, 0.25) is 0 Å². The molecule has 218 valence electrons. The lowest BCUT2D eigenvalue weighted by Gasteiger charge is -2.62. The molecule has 0 radical (unpaired) electrons. The highest BCUT2D eigenvalue weighted by atomic mass is 16.7. The van der Waals surface area contributed by atoms with Gasteiger partial charge in [-0.15, -0.1) is 0 Å². The van der Waals surface area contributed by atoms with Crippen LogP contribution in [-0.4, -0.2) is 69.2 Å². The van der Waals surface area contributed by atoms with Gasteiger partial charge in [0.05, 0.1) is 28.7 Å². The maximum absolute atomic E-state index is 14.3. The summed E-state index contributed by atoms with van der Waals surface area (Å²) in [7, 11) is 0. The summed E-state index contributed by atoms with van der Waals surface area (Å²) in [6, 6.07) is 4.98. The lowest BCUT2D eigenvalue weighted by atomic mass is 9.42. The minimum atomic E-state index is -1.63. The number of benzene rings is 1. The fourth-order valence-electron chi connectivity index (χ4n) is 9.06. The van der Waals surface area contributed by atoms with Crippen molar-refractivity contribution in [1.29, 1.82) is 0 Å². The molecule has 4 fully saturated rings. The summed E-state index contributed by atoms with van der Waals surface area (Å²) >= 11 is 0. The molecule has 2 N–H and O–H groups in total. The Hall–Kier alpha value is -3.35. The Bertz CT molecular complexity index is 1440. The van der Waals surface area contributed by atoms with Crippen molar-refractivity contribution in [1.82, 2.24) is 0 Å². The molecule has 0 aromatic heterocycles. The number of nitro benzene ring substituents is 1. The smallest absolute Gasteiger partial charge is 0.458 e. The van der Waals surface area contributed by atoms with E-state index in [4.69, 9.17) is 18.9 Å². The number of aliphatic hydroxyl groups is 2. The summed E-state index contributed by atoms with van der Waals surface area (Å²) in [4.78, 5) is 48.9. The van der Waals surface area contributed by atoms with E-state index in [1.54, 1.807) is 6.92 Å². The van der Waals surface area contributed by atoms with Crippen molar-refractivity contribution >= 4 is 23.6 Å². The van der Waals surface area contributed by atoms with Gasteiger partial charge in [0.2, 0.25) is 0 Å². The molecule has 2 heterocycles. The third-order valence-electron chi connectivity index (χ3n) is 11.3. The molecule has 2 aliphatic heterocycles. The number of cyclic esters (lactones) is 1. The zero-order valence-electron chi connectivity index (χ0n) is 22.7. The molecule has 3 unspecified atom stereocenters. The van der Waals surface area contributed by atoms with Crippen LogP contribution in [0.15, 0.2) is 35.4 Å². The van der Waals surface area contributed by atoms with E-state index in [2.05, 4.69) is 0 Å². The van der Waals surface area contributed by atoms with Crippen LogP contribution in [0.5, 0.6) is 5.75 Å². The second-order valence-electron chi connectivity index (χ2n) is 12.7. The number of Topliss-reactive ketones (excluding diaryl/α,β-unsaturated/α-hetero) is 1. The number of ether oxygens (including phenoxy) is 4. The molecule has 1 spiro atoms. The molecule has 8 atom stereocenters. The van der Waals surface area contributed by atoms with Gasteiger partial charge in [0.15, 0.2) is 11.4 Å². The lowest BCUT2D eigenvalue weighted by molar-refractivity contribution is -0.384. The highest BCUT2D eigenvalue weighted by molar-refractivity contribution is 6.03. The highest BCUT2D eigenvalue weighted by Crippen LogP contribution is 2.81. The van der Waals surface area contributed by atoms with Gasteiger partial charge in [-0.1, -0.05) is 13.8 Å². The average Bonchev–Trinajstić information content (AvgIpc) is 3.78. The first-order valence-corrected chi connectivity index (χ1v) is 14.0. The molecule has 1 aromatic rings. The number of fused-ring (bicyclic) bond motifs is 4. The van der Waals surface area contributed by atoms with E-state index >= 15 is 0 Å². The van der Waals surface area contributed by atoms with Gasteiger partial charge in [-0.25, -0.2) is 9.59 Å². The number of carbonyl (C=O) groups is 3. The van der Waals surface area contributed by atoms with Crippen molar-refractivity contribution in [2.24, 2.45) is 22.7 Å². The predicted molar refractivity (Wildman–Crippen MR) is 136 cm³/mol. The normalized spacial score (nSPS) is 43.1. The van der Waals surface area contributed by atoms with E-state index in [0.717, 1.165) is 5.57 Å². The Morgan fingerprint density at radius 3 is 2.66 bits per heavy atom. The summed E-state index contributed by atoms with van der Waals surface area (Å²) in [5.74, 6) is -1.38. The van der Waals surface area contributed by atoms with Crippen LogP contribution in [0.3, 0.4) is 0 Å². The monoisotopic (exact) mass is 569 g/mol. The largest absolute Gasteiger partial charge is 0.513 e. The first-order chi connectivity index (χ1) is 19.4. The molecule has 1 aromatic carbocycles. The van der Waals surface area contributed by atoms with Crippen LogP contribution in [0.25, 0.3) is 0 Å². The summed E-state index contributed by atoms with van der Waals surface area (Å²) < 4.78 is 21.7. The summed E-state index contributed by atoms with van der Waals surface area (Å²) in [5.41, 5.74) is -4.99. The molecule has 7 rings (SSSR count). The number of hydrogen-bond acceptors (Lipinski definition) is 11. The van der Waals surface area contributed by atoms with Crippen molar-refractivity contribution in [2.75, 3.05) is 13.2 Å². The first kappa shape index (κ1) is 26.5. The SMILES string of the molecule is C[C@@H]1C2(O)[C@@]3(C)CCC4=C(COC4=O)C3CC3O[C@@]32C(=O)[C@@]2(CCCOC(=O)Oc3ccc([N+](=O)[O-])cc3)C[C@]12O. The Kier molecular flexibility index (Phi) is 5.27. The van der Waals surface area contributed by atoms with Crippen LogP contribution >= 0.6 is 0 Å². The average molecular weight is 570 g/mol. The van der Waals surface area contributed by atoms with E-state index in [0.29, 0.717) is 24.8 Å². The molecule has 4 aliphatic carbocycles. The van der Waals surface area contributed by atoms with Crippen LogP contribution < -0.4 is 4.74 Å². The van der Waals surface area contributed by atoms with Crippen molar-refractivity contribution in [2.45, 2.75) is 75.3 Å². The molecule has 0 amide bonds. The number of carbonyl (C=O) groups excluding carboxylic acids is 3. The molecule has 1 saturated heterocycles.